The van der Waals surface area contributed by atoms with Crippen molar-refractivity contribution in [3.63, 3.8) is 0 Å². The molecule has 0 unspecified atom stereocenters. The van der Waals surface area contributed by atoms with E-state index in [0.29, 0.717) is 0 Å². The van der Waals surface area contributed by atoms with E-state index in [2.05, 4.69) is 53.4 Å². The molecule has 0 aromatic heterocycles. The van der Waals surface area contributed by atoms with Crippen molar-refractivity contribution in [1.82, 2.24) is 0 Å². The summed E-state index contributed by atoms with van der Waals surface area (Å²) in [5.41, 5.74) is 13.5. The van der Waals surface area contributed by atoms with Crippen molar-refractivity contribution in [1.29, 1.82) is 0 Å². The Kier molecular flexibility index (Phi) is 2.66. The van der Waals surface area contributed by atoms with Gasteiger partial charge in [0.2, 0.25) is 0 Å². The van der Waals surface area contributed by atoms with Crippen LogP contribution in [0.1, 0.15) is 22.6 Å². The van der Waals surface area contributed by atoms with Gasteiger partial charge < -0.3 is 20.1 Å². The van der Waals surface area contributed by atoms with Gasteiger partial charge in [-0.3, -0.25) is 0 Å². The number of nitrogens with two attached hydrogens (primary N) is 1. The molecule has 2 N–H and O–H groups in total. The number of benzene rings is 4. The second-order valence-corrected chi connectivity index (χ2v) is 7.61. The van der Waals surface area contributed by atoms with E-state index in [-0.39, 0.29) is 5.92 Å². The molecular weight excluding hydrogens is 360 g/mol. The number of rotatable bonds is 1. The largest absolute Gasteiger partial charge is 0.457 e. The Bertz CT molecular complexity index is 1250. The van der Waals surface area contributed by atoms with E-state index in [0.717, 1.165) is 51.3 Å². The molecule has 7 rings (SSSR count). The van der Waals surface area contributed by atoms with Gasteiger partial charge in [0.1, 0.15) is 23.0 Å². The highest BCUT2D eigenvalue weighted by molar-refractivity contribution is 5.91. The summed E-state index contributed by atoms with van der Waals surface area (Å²) < 4.78 is 12.7. The fourth-order valence-electron chi connectivity index (χ4n) is 4.90. The van der Waals surface area contributed by atoms with Gasteiger partial charge in [-0.2, -0.15) is 0 Å². The molecule has 0 saturated heterocycles. The minimum Gasteiger partial charge on any atom is -0.457 e. The van der Waals surface area contributed by atoms with Gasteiger partial charge >= 0.3 is 0 Å². The Hall–Kier alpha value is -3.92. The molecule has 4 heteroatoms. The Labute approximate surface area is 167 Å². The monoisotopic (exact) mass is 376 g/mol. The van der Waals surface area contributed by atoms with E-state index >= 15 is 0 Å². The van der Waals surface area contributed by atoms with E-state index in [9.17, 15) is 0 Å². The second kappa shape index (κ2) is 5.11. The minimum atomic E-state index is 0.103. The van der Waals surface area contributed by atoms with Gasteiger partial charge in [0.05, 0.1) is 17.3 Å². The molecule has 29 heavy (non-hydrogen) atoms. The summed E-state index contributed by atoms with van der Waals surface area (Å²) in [5, 5.41) is 0. The molecule has 0 atom stereocenters. The predicted octanol–water partition coefficient (Wildman–Crippen LogP) is 6.44. The van der Waals surface area contributed by atoms with Crippen LogP contribution >= 0.6 is 0 Å². The van der Waals surface area contributed by atoms with Crippen LogP contribution in [0, 0.1) is 0 Å². The fraction of sp³-hybridized carbons (Fsp3) is 0.0400. The number of hydrogen-bond acceptors (Lipinski definition) is 4. The van der Waals surface area contributed by atoms with Gasteiger partial charge in [-0.15, -0.1) is 0 Å². The summed E-state index contributed by atoms with van der Waals surface area (Å²) in [4.78, 5) is 2.28. The first-order valence-electron chi connectivity index (χ1n) is 9.70. The molecule has 0 saturated carbocycles. The van der Waals surface area contributed by atoms with Crippen LogP contribution < -0.4 is 20.1 Å². The molecule has 4 nitrogen and oxygen atoms in total. The lowest BCUT2D eigenvalue weighted by atomic mass is 9.76. The van der Waals surface area contributed by atoms with Crippen LogP contribution in [0.25, 0.3) is 0 Å². The SMILES string of the molecule is Nc1ccc(N2c3cccc4c3C3c5c(cccc5Oc5cccc2c53)O4)cc1. The van der Waals surface area contributed by atoms with E-state index in [4.69, 9.17) is 15.2 Å². The van der Waals surface area contributed by atoms with Crippen LogP contribution in [-0.2, 0) is 0 Å². The number of hydrogen-bond donors (Lipinski definition) is 1. The number of nitrogens with zero attached hydrogens (tertiary/aromatic N) is 1. The zero-order chi connectivity index (χ0) is 19.1. The van der Waals surface area contributed by atoms with Crippen molar-refractivity contribution in [3.8, 4) is 23.0 Å². The minimum absolute atomic E-state index is 0.103. The molecule has 0 aliphatic carbocycles. The maximum atomic E-state index is 6.33. The Morgan fingerprint density at radius 2 is 1.07 bits per heavy atom. The highest BCUT2D eigenvalue weighted by Gasteiger charge is 2.44. The molecule has 0 bridgehead atoms. The third-order valence-corrected chi connectivity index (χ3v) is 6.05. The van der Waals surface area contributed by atoms with Gasteiger partial charge in [0, 0.05) is 28.1 Å². The fourth-order valence-corrected chi connectivity index (χ4v) is 4.90. The van der Waals surface area contributed by atoms with Crippen molar-refractivity contribution < 1.29 is 9.47 Å². The summed E-state index contributed by atoms with van der Waals surface area (Å²) in [6.07, 6.45) is 0. The third kappa shape index (κ3) is 1.83. The maximum absolute atomic E-state index is 6.33. The summed E-state index contributed by atoms with van der Waals surface area (Å²) >= 11 is 0. The van der Waals surface area contributed by atoms with E-state index < -0.39 is 0 Å². The first-order valence-corrected chi connectivity index (χ1v) is 9.70. The molecule has 0 amide bonds. The van der Waals surface area contributed by atoms with Crippen LogP contribution in [-0.4, -0.2) is 0 Å². The van der Waals surface area contributed by atoms with E-state index in [1.165, 1.54) is 11.1 Å². The van der Waals surface area contributed by atoms with Crippen molar-refractivity contribution in [3.05, 3.63) is 95.6 Å². The molecule has 0 spiro atoms. The quantitative estimate of drug-likeness (QED) is 0.335. The Balaban J connectivity index is 1.60. The smallest absolute Gasteiger partial charge is 0.135 e. The third-order valence-electron chi connectivity index (χ3n) is 6.05. The van der Waals surface area contributed by atoms with Crippen LogP contribution in [0.3, 0.4) is 0 Å². The van der Waals surface area contributed by atoms with Crippen LogP contribution in [0.15, 0.2) is 78.9 Å². The lowest BCUT2D eigenvalue weighted by Crippen LogP contribution is -2.27. The molecular formula is C25H16N2O2. The molecule has 0 radical (unpaired) electrons. The highest BCUT2D eigenvalue weighted by atomic mass is 16.5. The number of nitrogen functional groups attached to an aromatic ring is 1. The lowest BCUT2D eigenvalue weighted by molar-refractivity contribution is 0.409. The topological polar surface area (TPSA) is 47.7 Å². The van der Waals surface area contributed by atoms with Crippen molar-refractivity contribution >= 4 is 22.7 Å². The second-order valence-electron chi connectivity index (χ2n) is 7.61. The summed E-state index contributed by atoms with van der Waals surface area (Å²) in [6, 6.07) is 26.6. The van der Waals surface area contributed by atoms with Crippen LogP contribution in [0.4, 0.5) is 22.7 Å². The Morgan fingerprint density at radius 1 is 0.586 bits per heavy atom. The zero-order valence-corrected chi connectivity index (χ0v) is 15.4. The van der Waals surface area contributed by atoms with Gasteiger partial charge in [-0.25, -0.2) is 0 Å². The van der Waals surface area contributed by atoms with Gasteiger partial charge in [0.15, 0.2) is 0 Å². The summed E-state index contributed by atoms with van der Waals surface area (Å²) in [5.74, 6) is 3.66. The summed E-state index contributed by atoms with van der Waals surface area (Å²) in [6.45, 7) is 0. The normalized spacial score (nSPS) is 14.7. The lowest BCUT2D eigenvalue weighted by Gasteiger charge is -2.43. The molecule has 3 aliphatic heterocycles. The molecule has 4 aromatic carbocycles. The number of ether oxygens (including phenoxy) is 2. The average Bonchev–Trinajstić information content (AvgIpc) is 2.75. The van der Waals surface area contributed by atoms with Crippen LogP contribution in [0.5, 0.6) is 23.0 Å². The first kappa shape index (κ1) is 15.1. The molecule has 138 valence electrons. The molecule has 0 fully saturated rings. The maximum Gasteiger partial charge on any atom is 0.135 e. The molecule has 3 heterocycles. The standard InChI is InChI=1S/C25H16N2O2/c26-14-10-12-15(13-11-14)27-16-4-1-6-18-22(16)25-23-17(27)5-2-7-19(23)29-21-9-3-8-20(28-18)24(21)25/h1-13,25H,26H2. The average molecular weight is 376 g/mol. The first-order chi connectivity index (χ1) is 14.3. The van der Waals surface area contributed by atoms with Crippen molar-refractivity contribution in [2.75, 3.05) is 10.6 Å². The highest BCUT2D eigenvalue weighted by Crippen LogP contribution is 2.64. The van der Waals surface area contributed by atoms with E-state index in [1.807, 2.05) is 30.3 Å². The predicted molar refractivity (Wildman–Crippen MR) is 113 cm³/mol. The zero-order valence-electron chi connectivity index (χ0n) is 15.4. The Morgan fingerprint density at radius 3 is 1.62 bits per heavy atom. The van der Waals surface area contributed by atoms with Crippen molar-refractivity contribution in [2.45, 2.75) is 5.92 Å². The van der Waals surface area contributed by atoms with Gasteiger partial charge in [-0.1, -0.05) is 18.2 Å². The number of anilines is 4. The summed E-state index contributed by atoms with van der Waals surface area (Å²) in [7, 11) is 0. The van der Waals surface area contributed by atoms with E-state index in [1.54, 1.807) is 0 Å². The molecule has 3 aliphatic rings. The van der Waals surface area contributed by atoms with Gasteiger partial charge in [0.25, 0.3) is 0 Å². The van der Waals surface area contributed by atoms with Crippen LogP contribution in [0.2, 0.25) is 0 Å². The molecule has 4 aromatic rings. The van der Waals surface area contributed by atoms with Gasteiger partial charge in [-0.05, 0) is 60.7 Å². The van der Waals surface area contributed by atoms with Crippen molar-refractivity contribution in [2.24, 2.45) is 0 Å².